The van der Waals surface area contributed by atoms with E-state index in [-0.39, 0.29) is 30.2 Å². The normalized spacial score (nSPS) is 22.5. The van der Waals surface area contributed by atoms with E-state index < -0.39 is 5.54 Å². The zero-order valence-electron chi connectivity index (χ0n) is 18.2. The largest absolute Gasteiger partial charge is 0.493 e. The summed E-state index contributed by atoms with van der Waals surface area (Å²) in [5.74, 6) is 0.269. The predicted octanol–water partition coefficient (Wildman–Crippen LogP) is 2.89. The molecule has 2 atom stereocenters. The molecule has 8 heteroatoms. The van der Waals surface area contributed by atoms with Crippen molar-refractivity contribution in [2.75, 3.05) is 33.9 Å². The first-order valence-corrected chi connectivity index (χ1v) is 10.6. The number of likely N-dealkylation sites (tertiary alicyclic amines) is 1. The Balaban J connectivity index is 1.55. The fourth-order valence-electron chi connectivity index (χ4n) is 4.79. The zero-order chi connectivity index (χ0) is 22.7. The molecule has 170 valence electrons. The van der Waals surface area contributed by atoms with E-state index in [0.29, 0.717) is 55.2 Å². The number of halogens is 1. The Morgan fingerprint density at radius 2 is 1.88 bits per heavy atom. The fourth-order valence-corrected chi connectivity index (χ4v) is 4.79. The number of nitrogens with one attached hydrogen (secondary N) is 1. The van der Waals surface area contributed by atoms with E-state index in [4.69, 9.17) is 14.2 Å². The van der Waals surface area contributed by atoms with Crippen LogP contribution in [0.5, 0.6) is 17.2 Å². The summed E-state index contributed by atoms with van der Waals surface area (Å²) >= 11 is 0. The quantitative estimate of drug-likeness (QED) is 0.745. The molecule has 7 nitrogen and oxygen atoms in total. The number of para-hydroxylation sites is 1. The van der Waals surface area contributed by atoms with E-state index in [1.165, 1.54) is 20.3 Å². The number of carbonyl (C=O) groups excluding carboxylic acids is 2. The van der Waals surface area contributed by atoms with E-state index in [2.05, 4.69) is 5.32 Å². The topological polar surface area (TPSA) is 77.1 Å². The number of benzene rings is 2. The molecule has 0 bridgehead atoms. The van der Waals surface area contributed by atoms with Crippen molar-refractivity contribution in [2.24, 2.45) is 0 Å². The van der Waals surface area contributed by atoms with Gasteiger partial charge < -0.3 is 24.4 Å². The number of hydrogen-bond donors (Lipinski definition) is 1. The summed E-state index contributed by atoms with van der Waals surface area (Å²) in [6.07, 6.45) is 1.83. The number of ether oxygens (including phenoxy) is 3. The van der Waals surface area contributed by atoms with Gasteiger partial charge in [0, 0.05) is 25.4 Å². The molecule has 2 heterocycles. The molecule has 0 saturated carbocycles. The third kappa shape index (κ3) is 4.09. The lowest BCUT2D eigenvalue weighted by atomic mass is 9.76. The standard InChI is InChI=1S/C24H27FN2O5/c1-30-19-9-5-10-20(31-2)23(19)32-14-22(29)27-13-17(16-7-3-4-8-18(16)25)24(15-27)12-6-11-21(28)26-24/h3-5,7-10,17H,6,11-15H2,1-2H3,(H,26,28)/t17-,24+/m0/s1. The van der Waals surface area contributed by atoms with E-state index in [1.54, 1.807) is 41.3 Å². The summed E-state index contributed by atoms with van der Waals surface area (Å²) in [7, 11) is 3.02. The Morgan fingerprint density at radius 1 is 1.16 bits per heavy atom. The highest BCUT2D eigenvalue weighted by Crippen LogP contribution is 2.42. The van der Waals surface area contributed by atoms with Crippen LogP contribution >= 0.6 is 0 Å². The molecule has 4 rings (SSSR count). The lowest BCUT2D eigenvalue weighted by Crippen LogP contribution is -2.56. The first-order valence-electron chi connectivity index (χ1n) is 10.6. The van der Waals surface area contributed by atoms with Crippen LogP contribution in [0, 0.1) is 5.82 Å². The van der Waals surface area contributed by atoms with Crippen molar-refractivity contribution < 1.29 is 28.2 Å². The lowest BCUT2D eigenvalue weighted by Gasteiger charge is -2.39. The zero-order valence-corrected chi connectivity index (χ0v) is 18.2. The predicted molar refractivity (Wildman–Crippen MR) is 115 cm³/mol. The molecule has 32 heavy (non-hydrogen) atoms. The van der Waals surface area contributed by atoms with Gasteiger partial charge in [-0.25, -0.2) is 4.39 Å². The first kappa shape index (κ1) is 21.9. The van der Waals surface area contributed by atoms with Gasteiger partial charge in [-0.15, -0.1) is 0 Å². The second-order valence-corrected chi connectivity index (χ2v) is 8.19. The van der Waals surface area contributed by atoms with Crippen LogP contribution < -0.4 is 19.5 Å². The van der Waals surface area contributed by atoms with Crippen LogP contribution in [0.25, 0.3) is 0 Å². The summed E-state index contributed by atoms with van der Waals surface area (Å²) in [6, 6.07) is 11.8. The number of methoxy groups -OCH3 is 2. The minimum absolute atomic E-state index is 0.0677. The molecule has 0 aliphatic carbocycles. The molecule has 2 saturated heterocycles. The maximum absolute atomic E-state index is 14.7. The van der Waals surface area contributed by atoms with Gasteiger partial charge in [0.05, 0.1) is 19.8 Å². The minimum Gasteiger partial charge on any atom is -0.493 e. The van der Waals surface area contributed by atoms with Crippen molar-refractivity contribution in [1.29, 1.82) is 0 Å². The van der Waals surface area contributed by atoms with Crippen LogP contribution in [0.3, 0.4) is 0 Å². The Kier molecular flexibility index (Phi) is 6.21. The molecule has 2 aromatic carbocycles. The average molecular weight is 442 g/mol. The monoisotopic (exact) mass is 442 g/mol. The highest BCUT2D eigenvalue weighted by atomic mass is 19.1. The number of piperidine rings is 1. The van der Waals surface area contributed by atoms with Gasteiger partial charge in [-0.1, -0.05) is 24.3 Å². The summed E-state index contributed by atoms with van der Waals surface area (Å²) in [6.45, 7) is 0.375. The minimum atomic E-state index is -0.685. The molecule has 2 amide bonds. The third-order valence-corrected chi connectivity index (χ3v) is 6.31. The summed E-state index contributed by atoms with van der Waals surface area (Å²) < 4.78 is 31.1. The molecule has 1 spiro atoms. The Hall–Kier alpha value is -3.29. The molecule has 2 aliphatic heterocycles. The number of hydrogen-bond acceptors (Lipinski definition) is 5. The molecule has 0 radical (unpaired) electrons. The Labute approximate surface area is 186 Å². The highest BCUT2D eigenvalue weighted by Gasteiger charge is 2.51. The van der Waals surface area contributed by atoms with Crippen LogP contribution in [0.15, 0.2) is 42.5 Å². The van der Waals surface area contributed by atoms with Gasteiger partial charge in [0.2, 0.25) is 11.7 Å². The van der Waals surface area contributed by atoms with E-state index in [1.807, 2.05) is 0 Å². The van der Waals surface area contributed by atoms with E-state index in [9.17, 15) is 14.0 Å². The number of nitrogens with zero attached hydrogens (tertiary/aromatic N) is 1. The van der Waals surface area contributed by atoms with Crippen LogP contribution in [0.4, 0.5) is 4.39 Å². The van der Waals surface area contributed by atoms with Gasteiger partial charge >= 0.3 is 0 Å². The molecular formula is C24H27FN2O5. The van der Waals surface area contributed by atoms with Crippen molar-refractivity contribution in [3.05, 3.63) is 53.8 Å². The van der Waals surface area contributed by atoms with Crippen molar-refractivity contribution in [3.8, 4) is 17.2 Å². The van der Waals surface area contributed by atoms with E-state index >= 15 is 0 Å². The summed E-state index contributed by atoms with van der Waals surface area (Å²) in [4.78, 5) is 27.0. The molecule has 0 unspecified atom stereocenters. The highest BCUT2D eigenvalue weighted by molar-refractivity contribution is 5.81. The lowest BCUT2D eigenvalue weighted by molar-refractivity contribution is -0.133. The summed E-state index contributed by atoms with van der Waals surface area (Å²) in [5.41, 5.74) is -0.174. The van der Waals surface area contributed by atoms with Crippen LogP contribution in [0.2, 0.25) is 0 Å². The summed E-state index contributed by atoms with van der Waals surface area (Å²) in [5, 5.41) is 3.08. The van der Waals surface area contributed by atoms with E-state index in [0.717, 1.165) is 0 Å². The maximum atomic E-state index is 14.7. The van der Waals surface area contributed by atoms with Crippen LogP contribution in [0.1, 0.15) is 30.7 Å². The second kappa shape index (κ2) is 9.06. The van der Waals surface area contributed by atoms with Gasteiger partial charge in [-0.2, -0.15) is 0 Å². The van der Waals surface area contributed by atoms with Gasteiger partial charge in [-0.3, -0.25) is 9.59 Å². The Morgan fingerprint density at radius 3 is 2.53 bits per heavy atom. The Bertz CT molecular complexity index is 991. The number of rotatable bonds is 6. The van der Waals surface area contributed by atoms with Crippen molar-refractivity contribution in [1.82, 2.24) is 10.2 Å². The molecule has 1 N–H and O–H groups in total. The second-order valence-electron chi connectivity index (χ2n) is 8.19. The molecule has 0 aromatic heterocycles. The SMILES string of the molecule is COc1cccc(OC)c1OCC(=O)N1C[C@@H](c2ccccc2F)[C@@]2(CCCC(=O)N2)C1. The van der Waals surface area contributed by atoms with Gasteiger partial charge in [0.15, 0.2) is 18.1 Å². The number of amides is 2. The van der Waals surface area contributed by atoms with Gasteiger partial charge in [0.1, 0.15) is 5.82 Å². The van der Waals surface area contributed by atoms with Crippen molar-refractivity contribution >= 4 is 11.8 Å². The van der Waals surface area contributed by atoms with Crippen molar-refractivity contribution in [2.45, 2.75) is 30.7 Å². The molecular weight excluding hydrogens is 415 g/mol. The van der Waals surface area contributed by atoms with Gasteiger partial charge in [0.25, 0.3) is 5.91 Å². The third-order valence-electron chi connectivity index (χ3n) is 6.31. The smallest absolute Gasteiger partial charge is 0.260 e. The molecule has 2 aliphatic rings. The van der Waals surface area contributed by atoms with Crippen LogP contribution in [-0.4, -0.2) is 56.2 Å². The van der Waals surface area contributed by atoms with Crippen LogP contribution in [-0.2, 0) is 9.59 Å². The molecule has 2 fully saturated rings. The maximum Gasteiger partial charge on any atom is 0.260 e. The number of carbonyl (C=O) groups is 2. The fraction of sp³-hybridized carbons (Fsp3) is 0.417. The average Bonchev–Trinajstić information content (AvgIpc) is 3.15. The molecule has 2 aromatic rings. The first-order chi connectivity index (χ1) is 15.5. The van der Waals surface area contributed by atoms with Crippen molar-refractivity contribution in [3.63, 3.8) is 0 Å². The van der Waals surface area contributed by atoms with Gasteiger partial charge in [-0.05, 0) is 36.6 Å².